The monoisotopic (exact) mass is 465 g/mol. The number of benzene rings is 2. The zero-order chi connectivity index (χ0) is 21.4. The number of halogens is 4. The van der Waals surface area contributed by atoms with Crippen molar-refractivity contribution in [3.05, 3.63) is 74.8 Å². The third-order valence-electron chi connectivity index (χ3n) is 4.22. The number of aryl methyl sites for hydroxylation is 1. The van der Waals surface area contributed by atoms with E-state index in [0.717, 1.165) is 23.5 Å². The molecule has 1 amide bonds. The highest BCUT2D eigenvalue weighted by molar-refractivity contribution is 7.14. The van der Waals surface area contributed by atoms with Crippen LogP contribution in [-0.2, 0) is 0 Å². The van der Waals surface area contributed by atoms with E-state index in [1.54, 1.807) is 30.5 Å². The molecular formula is C20H11Cl2F2N3O2S. The summed E-state index contributed by atoms with van der Waals surface area (Å²) >= 11 is 13.6. The minimum Gasteiger partial charge on any atom is -0.360 e. The molecule has 4 aromatic rings. The SMILES string of the molecule is Cc1onc(-c2c(Cl)cccc2Cl)c1C(=O)Nc1nc(-c2ccc(F)cc2F)cs1. The standard InChI is InChI=1S/C20H11Cl2F2N3O2S/c1-9-16(18(27-29-9)17-12(21)3-2-4-13(17)22)19(28)26-20-25-15(8-30-20)11-6-5-10(23)7-14(11)24/h2-8H,1H3,(H,25,26,28). The predicted octanol–water partition coefficient (Wildman–Crippen LogP) is 6.61. The van der Waals surface area contributed by atoms with Crippen molar-refractivity contribution in [1.29, 1.82) is 0 Å². The van der Waals surface area contributed by atoms with E-state index in [0.29, 0.717) is 15.6 Å². The summed E-state index contributed by atoms with van der Waals surface area (Å²) in [5, 5.41) is 8.98. The van der Waals surface area contributed by atoms with Crippen molar-refractivity contribution in [1.82, 2.24) is 10.1 Å². The minimum atomic E-state index is -0.747. The maximum Gasteiger partial charge on any atom is 0.263 e. The van der Waals surface area contributed by atoms with Crippen LogP contribution in [-0.4, -0.2) is 16.0 Å². The molecular weight excluding hydrogens is 455 g/mol. The molecule has 2 aromatic carbocycles. The second-order valence-electron chi connectivity index (χ2n) is 6.18. The van der Waals surface area contributed by atoms with Crippen molar-refractivity contribution >= 4 is 45.6 Å². The molecule has 2 heterocycles. The molecule has 0 atom stereocenters. The molecule has 1 N–H and O–H groups in total. The Labute approximate surface area is 183 Å². The van der Waals surface area contributed by atoms with Crippen LogP contribution < -0.4 is 5.32 Å². The van der Waals surface area contributed by atoms with Crippen molar-refractivity contribution < 1.29 is 18.1 Å². The number of carbonyl (C=O) groups is 1. The summed E-state index contributed by atoms with van der Waals surface area (Å²) in [7, 11) is 0. The number of anilines is 1. The Morgan fingerprint density at radius 2 is 1.90 bits per heavy atom. The molecule has 0 aliphatic rings. The molecule has 0 bridgehead atoms. The van der Waals surface area contributed by atoms with Gasteiger partial charge in [-0.15, -0.1) is 11.3 Å². The Bertz CT molecular complexity index is 1250. The van der Waals surface area contributed by atoms with E-state index in [1.165, 1.54) is 6.07 Å². The van der Waals surface area contributed by atoms with Gasteiger partial charge in [0.1, 0.15) is 28.7 Å². The van der Waals surface area contributed by atoms with E-state index in [-0.39, 0.29) is 33.4 Å². The number of amides is 1. The molecule has 10 heteroatoms. The molecule has 0 aliphatic heterocycles. The van der Waals surface area contributed by atoms with E-state index in [2.05, 4.69) is 15.5 Å². The Morgan fingerprint density at radius 3 is 2.60 bits per heavy atom. The summed E-state index contributed by atoms with van der Waals surface area (Å²) in [6.07, 6.45) is 0. The highest BCUT2D eigenvalue weighted by atomic mass is 35.5. The van der Waals surface area contributed by atoms with E-state index in [4.69, 9.17) is 27.7 Å². The molecule has 0 saturated heterocycles. The van der Waals surface area contributed by atoms with E-state index in [1.807, 2.05) is 0 Å². The fraction of sp³-hybridized carbons (Fsp3) is 0.0500. The normalized spacial score (nSPS) is 11.0. The second kappa shape index (κ2) is 8.14. The van der Waals surface area contributed by atoms with Crippen LogP contribution in [0.2, 0.25) is 10.0 Å². The van der Waals surface area contributed by atoms with Crippen LogP contribution >= 0.6 is 34.5 Å². The zero-order valence-electron chi connectivity index (χ0n) is 15.2. The van der Waals surface area contributed by atoms with Gasteiger partial charge in [-0.1, -0.05) is 34.4 Å². The molecule has 0 unspecified atom stereocenters. The van der Waals surface area contributed by atoms with Crippen molar-refractivity contribution in [3.8, 4) is 22.5 Å². The first-order valence-electron chi connectivity index (χ1n) is 8.48. The van der Waals surface area contributed by atoms with Crippen molar-refractivity contribution in [2.45, 2.75) is 6.92 Å². The first-order chi connectivity index (χ1) is 14.3. The lowest BCUT2D eigenvalue weighted by molar-refractivity contribution is 0.102. The van der Waals surface area contributed by atoms with E-state index < -0.39 is 17.5 Å². The number of aromatic nitrogens is 2. The Hall–Kier alpha value is -2.81. The number of carbonyl (C=O) groups excluding carboxylic acids is 1. The number of nitrogens with one attached hydrogen (secondary N) is 1. The largest absolute Gasteiger partial charge is 0.360 e. The molecule has 4 rings (SSSR count). The van der Waals surface area contributed by atoms with Crippen LogP contribution in [0.25, 0.3) is 22.5 Å². The topological polar surface area (TPSA) is 68.0 Å². The van der Waals surface area contributed by atoms with Gasteiger partial charge in [0.15, 0.2) is 5.13 Å². The Morgan fingerprint density at radius 1 is 1.17 bits per heavy atom. The van der Waals surface area contributed by atoms with Crippen LogP contribution in [0.5, 0.6) is 0 Å². The molecule has 0 aliphatic carbocycles. The van der Waals surface area contributed by atoms with Crippen LogP contribution in [0.4, 0.5) is 13.9 Å². The highest BCUT2D eigenvalue weighted by Gasteiger charge is 2.25. The molecule has 2 aromatic heterocycles. The third kappa shape index (κ3) is 3.81. The fourth-order valence-corrected chi connectivity index (χ4v) is 4.13. The van der Waals surface area contributed by atoms with Gasteiger partial charge in [0.05, 0.1) is 15.7 Å². The van der Waals surface area contributed by atoms with Crippen LogP contribution in [0.1, 0.15) is 16.1 Å². The summed E-state index contributed by atoms with van der Waals surface area (Å²) in [6.45, 7) is 1.58. The lowest BCUT2D eigenvalue weighted by atomic mass is 10.1. The summed E-state index contributed by atoms with van der Waals surface area (Å²) in [5.74, 6) is -1.71. The molecule has 30 heavy (non-hydrogen) atoms. The third-order valence-corrected chi connectivity index (χ3v) is 5.61. The van der Waals surface area contributed by atoms with E-state index in [9.17, 15) is 13.6 Å². The van der Waals surface area contributed by atoms with Gasteiger partial charge in [0.25, 0.3) is 5.91 Å². The Balaban J connectivity index is 1.65. The highest BCUT2D eigenvalue weighted by Crippen LogP contribution is 2.37. The maximum atomic E-state index is 14.0. The van der Waals surface area contributed by atoms with Crippen LogP contribution in [0, 0.1) is 18.6 Å². The molecule has 0 radical (unpaired) electrons. The lowest BCUT2D eigenvalue weighted by Crippen LogP contribution is -2.13. The molecule has 0 spiro atoms. The fourth-order valence-electron chi connectivity index (χ4n) is 2.85. The Kier molecular flexibility index (Phi) is 5.55. The van der Waals surface area contributed by atoms with Crippen LogP contribution in [0.15, 0.2) is 46.3 Å². The van der Waals surface area contributed by atoms with Gasteiger partial charge >= 0.3 is 0 Å². The maximum absolute atomic E-state index is 14.0. The number of hydrogen-bond donors (Lipinski definition) is 1. The van der Waals surface area contributed by atoms with E-state index >= 15 is 0 Å². The predicted molar refractivity (Wildman–Crippen MR) is 112 cm³/mol. The number of nitrogens with zero attached hydrogens (tertiary/aromatic N) is 2. The smallest absolute Gasteiger partial charge is 0.263 e. The van der Waals surface area contributed by atoms with Crippen molar-refractivity contribution in [3.63, 3.8) is 0 Å². The van der Waals surface area contributed by atoms with Gasteiger partial charge in [0.2, 0.25) is 0 Å². The van der Waals surface area contributed by atoms with Crippen molar-refractivity contribution in [2.75, 3.05) is 5.32 Å². The quantitative estimate of drug-likeness (QED) is 0.368. The second-order valence-corrected chi connectivity index (χ2v) is 7.85. The van der Waals surface area contributed by atoms with Gasteiger partial charge < -0.3 is 4.52 Å². The summed E-state index contributed by atoms with van der Waals surface area (Å²) in [6, 6.07) is 8.11. The van der Waals surface area contributed by atoms with Crippen molar-refractivity contribution in [2.24, 2.45) is 0 Å². The first-order valence-corrected chi connectivity index (χ1v) is 10.1. The van der Waals surface area contributed by atoms with Gasteiger partial charge in [-0.2, -0.15) is 0 Å². The average Bonchev–Trinajstić information content (AvgIpc) is 3.28. The van der Waals surface area contributed by atoms with Gasteiger partial charge in [-0.3, -0.25) is 10.1 Å². The molecule has 0 saturated carbocycles. The van der Waals surface area contributed by atoms with Gasteiger partial charge in [-0.25, -0.2) is 13.8 Å². The number of thiazole rings is 1. The molecule has 152 valence electrons. The summed E-state index contributed by atoms with van der Waals surface area (Å²) < 4.78 is 32.3. The average molecular weight is 466 g/mol. The summed E-state index contributed by atoms with van der Waals surface area (Å²) in [5.41, 5.74) is 1.11. The van der Waals surface area contributed by atoms with Gasteiger partial charge in [0, 0.05) is 22.6 Å². The first kappa shape index (κ1) is 20.5. The lowest BCUT2D eigenvalue weighted by Gasteiger charge is -2.06. The minimum absolute atomic E-state index is 0.123. The number of rotatable bonds is 4. The molecule has 0 fully saturated rings. The summed E-state index contributed by atoms with van der Waals surface area (Å²) in [4.78, 5) is 17.1. The van der Waals surface area contributed by atoms with Gasteiger partial charge in [-0.05, 0) is 31.2 Å². The molecule has 5 nitrogen and oxygen atoms in total. The zero-order valence-corrected chi connectivity index (χ0v) is 17.5. The number of hydrogen-bond acceptors (Lipinski definition) is 5. The van der Waals surface area contributed by atoms with Crippen LogP contribution in [0.3, 0.4) is 0 Å².